The second kappa shape index (κ2) is 7.74. The molecule has 2 N–H and O–H groups in total. The molecule has 1 amide bonds. The van der Waals surface area contributed by atoms with Crippen LogP contribution in [0.15, 0.2) is 42.5 Å². The number of carbonyl (C=O) groups is 1. The Balaban J connectivity index is 1.93. The Bertz CT molecular complexity index is 716. The van der Waals surface area contributed by atoms with Gasteiger partial charge in [0.1, 0.15) is 23.9 Å². The third-order valence-electron chi connectivity index (χ3n) is 4.02. The summed E-state index contributed by atoms with van der Waals surface area (Å²) in [5.41, 5.74) is 2.06. The van der Waals surface area contributed by atoms with Gasteiger partial charge in [-0.1, -0.05) is 51.1 Å². The van der Waals surface area contributed by atoms with Gasteiger partial charge in [0.2, 0.25) is 0 Å². The Morgan fingerprint density at radius 3 is 2.12 bits per heavy atom. The number of likely N-dealkylation sites (N-methyl/N-ethyl adjacent to an activating group) is 1. The molecule has 0 radical (unpaired) electrons. The molecule has 0 aliphatic rings. The van der Waals surface area contributed by atoms with Gasteiger partial charge in [-0.05, 0) is 23.1 Å². The highest BCUT2D eigenvalue weighted by molar-refractivity contribution is 5.91. The Labute approximate surface area is 147 Å². The Morgan fingerprint density at radius 2 is 1.60 bits per heavy atom. The van der Waals surface area contributed by atoms with Gasteiger partial charge < -0.3 is 10.2 Å². The summed E-state index contributed by atoms with van der Waals surface area (Å²) in [5.74, 6) is -1.97. The van der Waals surface area contributed by atoms with Crippen LogP contribution >= 0.6 is 0 Å². The van der Waals surface area contributed by atoms with Crippen molar-refractivity contribution in [2.24, 2.45) is 0 Å². The lowest BCUT2D eigenvalue weighted by molar-refractivity contribution is -0.885. The van der Waals surface area contributed by atoms with Crippen LogP contribution in [0.2, 0.25) is 0 Å². The van der Waals surface area contributed by atoms with Crippen molar-refractivity contribution in [2.75, 3.05) is 18.9 Å². The summed E-state index contributed by atoms with van der Waals surface area (Å²) < 4.78 is 27.1. The number of halogens is 2. The van der Waals surface area contributed by atoms with Crippen LogP contribution in [0, 0.1) is 11.6 Å². The maximum atomic E-state index is 13.6. The Hall–Kier alpha value is -2.27. The zero-order valence-electron chi connectivity index (χ0n) is 15.1. The predicted molar refractivity (Wildman–Crippen MR) is 95.6 cm³/mol. The highest BCUT2D eigenvalue weighted by atomic mass is 19.1. The number of quaternary nitrogens is 1. The van der Waals surface area contributed by atoms with Crippen LogP contribution in [0.5, 0.6) is 0 Å². The van der Waals surface area contributed by atoms with E-state index in [1.165, 1.54) is 11.6 Å². The molecule has 2 aromatic carbocycles. The summed E-state index contributed by atoms with van der Waals surface area (Å²) in [6, 6.07) is 11.8. The standard InChI is InChI=1S/C20H24F2N2O/c1-20(2,3)15-10-8-14(9-11-15)12-24(4)13-18(25)23-19-16(21)6-5-7-17(19)22/h5-11H,12-13H2,1-4H3,(H,23,25)/p+1. The second-order valence-electron chi connectivity index (χ2n) is 7.40. The van der Waals surface area contributed by atoms with E-state index in [1.807, 2.05) is 7.05 Å². The maximum Gasteiger partial charge on any atom is 0.279 e. The monoisotopic (exact) mass is 347 g/mol. The van der Waals surface area contributed by atoms with E-state index in [2.05, 4.69) is 50.4 Å². The number of para-hydroxylation sites is 1. The summed E-state index contributed by atoms with van der Waals surface area (Å²) in [4.78, 5) is 13.0. The van der Waals surface area contributed by atoms with Crippen molar-refractivity contribution in [3.8, 4) is 0 Å². The molecule has 0 saturated carbocycles. The van der Waals surface area contributed by atoms with E-state index in [1.54, 1.807) is 0 Å². The number of nitrogens with one attached hydrogen (secondary N) is 2. The molecule has 0 aliphatic carbocycles. The molecule has 0 fully saturated rings. The first-order chi connectivity index (χ1) is 11.7. The summed E-state index contributed by atoms with van der Waals surface area (Å²) in [7, 11) is 1.87. The molecule has 25 heavy (non-hydrogen) atoms. The first-order valence-corrected chi connectivity index (χ1v) is 8.31. The lowest BCUT2D eigenvalue weighted by Crippen LogP contribution is -3.08. The molecule has 2 aromatic rings. The smallest absolute Gasteiger partial charge is 0.279 e. The van der Waals surface area contributed by atoms with Crippen LogP contribution in [-0.2, 0) is 16.8 Å². The largest absolute Gasteiger partial charge is 0.326 e. The van der Waals surface area contributed by atoms with E-state index >= 15 is 0 Å². The van der Waals surface area contributed by atoms with Crippen LogP contribution in [0.3, 0.4) is 0 Å². The number of amides is 1. The van der Waals surface area contributed by atoms with Crippen molar-refractivity contribution in [3.63, 3.8) is 0 Å². The molecule has 0 spiro atoms. The van der Waals surface area contributed by atoms with E-state index in [-0.39, 0.29) is 12.0 Å². The van der Waals surface area contributed by atoms with E-state index < -0.39 is 23.2 Å². The van der Waals surface area contributed by atoms with E-state index in [0.29, 0.717) is 6.54 Å². The molecule has 2 rings (SSSR count). The first kappa shape index (κ1) is 19.1. The highest BCUT2D eigenvalue weighted by Gasteiger charge is 2.16. The molecular formula is C20H25F2N2O+. The van der Waals surface area contributed by atoms with Gasteiger partial charge >= 0.3 is 0 Å². The minimum absolute atomic E-state index is 0.0982. The minimum atomic E-state index is -0.774. The molecular weight excluding hydrogens is 322 g/mol. The summed E-state index contributed by atoms with van der Waals surface area (Å²) in [5, 5.41) is 2.31. The molecule has 1 unspecified atom stereocenters. The van der Waals surface area contributed by atoms with Gasteiger partial charge in [0.15, 0.2) is 6.54 Å². The molecule has 3 nitrogen and oxygen atoms in total. The third kappa shape index (κ3) is 5.36. The van der Waals surface area contributed by atoms with Gasteiger partial charge in [-0.3, -0.25) is 4.79 Å². The normalized spacial score (nSPS) is 12.7. The minimum Gasteiger partial charge on any atom is -0.326 e. The van der Waals surface area contributed by atoms with Crippen molar-refractivity contribution in [1.82, 2.24) is 0 Å². The average Bonchev–Trinajstić information content (AvgIpc) is 2.50. The topological polar surface area (TPSA) is 33.5 Å². The van der Waals surface area contributed by atoms with Crippen LogP contribution < -0.4 is 10.2 Å². The van der Waals surface area contributed by atoms with E-state index in [0.717, 1.165) is 22.6 Å². The first-order valence-electron chi connectivity index (χ1n) is 8.31. The number of carbonyl (C=O) groups excluding carboxylic acids is 1. The Kier molecular flexibility index (Phi) is 5.90. The fourth-order valence-electron chi connectivity index (χ4n) is 2.61. The molecule has 134 valence electrons. The van der Waals surface area contributed by atoms with E-state index in [4.69, 9.17) is 0 Å². The lowest BCUT2D eigenvalue weighted by Gasteiger charge is -2.19. The molecule has 0 saturated heterocycles. The molecule has 0 aliphatic heterocycles. The zero-order chi connectivity index (χ0) is 18.6. The number of rotatable bonds is 5. The third-order valence-corrected chi connectivity index (χ3v) is 4.02. The fourth-order valence-corrected chi connectivity index (χ4v) is 2.61. The molecule has 0 aromatic heterocycles. The van der Waals surface area contributed by atoms with Crippen molar-refractivity contribution in [3.05, 3.63) is 65.2 Å². The summed E-state index contributed by atoms with van der Waals surface area (Å²) in [6.45, 7) is 7.25. The van der Waals surface area contributed by atoms with Gasteiger partial charge in [0.05, 0.1) is 7.05 Å². The molecule has 5 heteroatoms. The molecule has 0 bridgehead atoms. The van der Waals surface area contributed by atoms with Crippen LogP contribution in [0.1, 0.15) is 31.9 Å². The van der Waals surface area contributed by atoms with Crippen molar-refractivity contribution >= 4 is 11.6 Å². The lowest BCUT2D eigenvalue weighted by atomic mass is 9.87. The number of benzene rings is 2. The Morgan fingerprint density at radius 1 is 1.04 bits per heavy atom. The quantitative estimate of drug-likeness (QED) is 0.857. The average molecular weight is 347 g/mol. The molecule has 0 heterocycles. The zero-order valence-corrected chi connectivity index (χ0v) is 15.1. The van der Waals surface area contributed by atoms with Crippen molar-refractivity contribution in [1.29, 1.82) is 0 Å². The maximum absolute atomic E-state index is 13.6. The second-order valence-corrected chi connectivity index (χ2v) is 7.40. The van der Waals surface area contributed by atoms with Crippen molar-refractivity contribution < 1.29 is 18.5 Å². The summed E-state index contributed by atoms with van der Waals surface area (Å²) >= 11 is 0. The van der Waals surface area contributed by atoms with Crippen LogP contribution in [-0.4, -0.2) is 19.5 Å². The van der Waals surface area contributed by atoms with E-state index in [9.17, 15) is 13.6 Å². The SMILES string of the molecule is C[NH+](CC(=O)Nc1c(F)cccc1F)Cc1ccc(C(C)(C)C)cc1. The van der Waals surface area contributed by atoms with Gasteiger partial charge in [-0.15, -0.1) is 0 Å². The highest BCUT2D eigenvalue weighted by Crippen LogP contribution is 2.22. The van der Waals surface area contributed by atoms with Crippen LogP contribution in [0.4, 0.5) is 14.5 Å². The summed E-state index contributed by atoms with van der Waals surface area (Å²) in [6.07, 6.45) is 0. The number of anilines is 1. The number of hydrogen-bond acceptors (Lipinski definition) is 1. The van der Waals surface area contributed by atoms with Gasteiger partial charge in [0.25, 0.3) is 5.91 Å². The van der Waals surface area contributed by atoms with Crippen LogP contribution in [0.25, 0.3) is 0 Å². The van der Waals surface area contributed by atoms with Gasteiger partial charge in [0, 0.05) is 5.56 Å². The fraction of sp³-hybridized carbons (Fsp3) is 0.350. The van der Waals surface area contributed by atoms with Crippen molar-refractivity contribution in [2.45, 2.75) is 32.7 Å². The van der Waals surface area contributed by atoms with Gasteiger partial charge in [-0.25, -0.2) is 8.78 Å². The predicted octanol–water partition coefficient (Wildman–Crippen LogP) is 2.92. The number of hydrogen-bond donors (Lipinski definition) is 2. The van der Waals surface area contributed by atoms with Gasteiger partial charge in [-0.2, -0.15) is 0 Å². The molecule has 1 atom stereocenters.